The first-order valence-corrected chi connectivity index (χ1v) is 6.33. The summed E-state index contributed by atoms with van der Waals surface area (Å²) in [7, 11) is 0. The van der Waals surface area contributed by atoms with Crippen molar-refractivity contribution in [1.29, 1.82) is 0 Å². The number of fused-ring (bicyclic) bond motifs is 2. The van der Waals surface area contributed by atoms with E-state index >= 15 is 0 Å². The minimum absolute atomic E-state index is 0.682. The zero-order chi connectivity index (χ0) is 10.8. The lowest BCUT2D eigenvalue weighted by atomic mass is 9.98. The van der Waals surface area contributed by atoms with Gasteiger partial charge in [0.25, 0.3) is 0 Å². The highest BCUT2D eigenvalue weighted by Crippen LogP contribution is 2.23. The van der Waals surface area contributed by atoms with Crippen molar-refractivity contribution in [3.8, 4) is 0 Å². The van der Waals surface area contributed by atoms with Crippen molar-refractivity contribution in [2.75, 3.05) is 18.0 Å². The molecule has 2 aliphatic heterocycles. The molecular formula is C13H19N3. The van der Waals surface area contributed by atoms with Gasteiger partial charge in [0, 0.05) is 31.4 Å². The molecule has 2 unspecified atom stereocenters. The zero-order valence-electron chi connectivity index (χ0n) is 9.60. The van der Waals surface area contributed by atoms with Gasteiger partial charge < -0.3 is 10.2 Å². The number of hydrogen-bond donors (Lipinski definition) is 1. The number of hydrogen-bond acceptors (Lipinski definition) is 3. The van der Waals surface area contributed by atoms with Crippen LogP contribution in [0, 0.1) is 0 Å². The van der Waals surface area contributed by atoms with Crippen LogP contribution in [0.2, 0.25) is 0 Å². The molecule has 16 heavy (non-hydrogen) atoms. The van der Waals surface area contributed by atoms with Gasteiger partial charge in [-0.25, -0.2) is 0 Å². The van der Waals surface area contributed by atoms with Gasteiger partial charge in [-0.15, -0.1) is 0 Å². The van der Waals surface area contributed by atoms with Crippen molar-refractivity contribution in [2.24, 2.45) is 0 Å². The van der Waals surface area contributed by atoms with E-state index in [1.54, 1.807) is 0 Å². The van der Waals surface area contributed by atoms with Crippen molar-refractivity contribution in [3.63, 3.8) is 0 Å². The molecule has 0 spiro atoms. The highest BCUT2D eigenvalue weighted by atomic mass is 15.2. The molecule has 1 aromatic rings. The molecular weight excluding hydrogens is 198 g/mol. The number of nitrogens with zero attached hydrogens (tertiary/aromatic N) is 2. The van der Waals surface area contributed by atoms with Crippen LogP contribution in [0.25, 0.3) is 0 Å². The van der Waals surface area contributed by atoms with Gasteiger partial charge in [-0.2, -0.15) is 0 Å². The predicted molar refractivity (Wildman–Crippen MR) is 65.6 cm³/mol. The summed E-state index contributed by atoms with van der Waals surface area (Å²) in [4.78, 5) is 6.70. The van der Waals surface area contributed by atoms with E-state index in [4.69, 9.17) is 0 Å². The van der Waals surface area contributed by atoms with Gasteiger partial charge in [-0.05, 0) is 31.4 Å². The SMILES string of the molecule is c1cncc(N2CCC3CCCC(C2)N3)c1. The van der Waals surface area contributed by atoms with Crippen LogP contribution in [0.3, 0.4) is 0 Å². The fraction of sp³-hybridized carbons (Fsp3) is 0.615. The van der Waals surface area contributed by atoms with Crippen molar-refractivity contribution >= 4 is 5.69 Å². The van der Waals surface area contributed by atoms with Gasteiger partial charge in [0.2, 0.25) is 0 Å². The standard InChI is InChI=1S/C13H19N3/c1-3-11-6-8-16(10-12(4-1)15-11)13-5-2-7-14-9-13/h2,5,7,9,11-12,15H,1,3-4,6,8,10H2. The molecule has 3 heterocycles. The Labute approximate surface area is 96.9 Å². The van der Waals surface area contributed by atoms with Crippen LogP contribution >= 0.6 is 0 Å². The quantitative estimate of drug-likeness (QED) is 0.777. The lowest BCUT2D eigenvalue weighted by Gasteiger charge is -2.29. The van der Waals surface area contributed by atoms with Crippen LogP contribution in [0.1, 0.15) is 25.7 Å². The molecule has 3 rings (SSSR count). The molecule has 2 atom stereocenters. The Morgan fingerprint density at radius 2 is 2.19 bits per heavy atom. The number of piperidine rings is 1. The topological polar surface area (TPSA) is 28.2 Å². The first-order chi connectivity index (χ1) is 7.92. The molecule has 86 valence electrons. The van der Waals surface area contributed by atoms with Crippen molar-refractivity contribution in [2.45, 2.75) is 37.8 Å². The molecule has 1 N–H and O–H groups in total. The van der Waals surface area contributed by atoms with Crippen LogP contribution in [0.5, 0.6) is 0 Å². The maximum atomic E-state index is 4.21. The highest BCUT2D eigenvalue weighted by molar-refractivity contribution is 5.44. The highest BCUT2D eigenvalue weighted by Gasteiger charge is 2.26. The van der Waals surface area contributed by atoms with E-state index in [-0.39, 0.29) is 0 Å². The number of rotatable bonds is 1. The Kier molecular flexibility index (Phi) is 2.79. The third-order valence-electron chi connectivity index (χ3n) is 3.78. The average Bonchev–Trinajstić information content (AvgIpc) is 2.49. The molecule has 0 aliphatic carbocycles. The minimum atomic E-state index is 0.682. The van der Waals surface area contributed by atoms with Gasteiger partial charge in [0.05, 0.1) is 11.9 Å². The second-order valence-electron chi connectivity index (χ2n) is 4.94. The first-order valence-electron chi connectivity index (χ1n) is 6.33. The largest absolute Gasteiger partial charge is 0.369 e. The minimum Gasteiger partial charge on any atom is -0.369 e. The van der Waals surface area contributed by atoms with Gasteiger partial charge in [0.15, 0.2) is 0 Å². The van der Waals surface area contributed by atoms with E-state index in [1.165, 1.54) is 37.9 Å². The Morgan fingerprint density at radius 3 is 3.06 bits per heavy atom. The van der Waals surface area contributed by atoms with Crippen LogP contribution in [-0.4, -0.2) is 30.2 Å². The van der Waals surface area contributed by atoms with Gasteiger partial charge in [-0.1, -0.05) is 6.42 Å². The number of aromatic nitrogens is 1. The van der Waals surface area contributed by atoms with Crippen LogP contribution < -0.4 is 10.2 Å². The second-order valence-corrected chi connectivity index (χ2v) is 4.94. The van der Waals surface area contributed by atoms with Crippen LogP contribution in [0.4, 0.5) is 5.69 Å². The molecule has 2 bridgehead atoms. The molecule has 0 saturated carbocycles. The molecule has 2 fully saturated rings. The van der Waals surface area contributed by atoms with E-state index in [0.29, 0.717) is 6.04 Å². The number of nitrogens with one attached hydrogen (secondary N) is 1. The smallest absolute Gasteiger partial charge is 0.0553 e. The van der Waals surface area contributed by atoms with Gasteiger partial charge in [0.1, 0.15) is 0 Å². The lowest BCUT2D eigenvalue weighted by Crippen LogP contribution is -2.44. The Hall–Kier alpha value is -1.09. The maximum Gasteiger partial charge on any atom is 0.0553 e. The van der Waals surface area contributed by atoms with Crippen molar-refractivity contribution < 1.29 is 0 Å². The van der Waals surface area contributed by atoms with E-state index in [2.05, 4.69) is 21.3 Å². The van der Waals surface area contributed by atoms with Crippen molar-refractivity contribution in [3.05, 3.63) is 24.5 Å². The molecule has 0 radical (unpaired) electrons. The molecule has 0 amide bonds. The van der Waals surface area contributed by atoms with E-state index in [9.17, 15) is 0 Å². The summed E-state index contributed by atoms with van der Waals surface area (Å²) >= 11 is 0. The van der Waals surface area contributed by atoms with Crippen LogP contribution in [0.15, 0.2) is 24.5 Å². The monoisotopic (exact) mass is 217 g/mol. The number of anilines is 1. The molecule has 2 saturated heterocycles. The molecule has 3 nitrogen and oxygen atoms in total. The number of pyridine rings is 1. The summed E-state index contributed by atoms with van der Waals surface area (Å²) in [5.41, 5.74) is 1.27. The first kappa shape index (κ1) is 10.1. The Morgan fingerprint density at radius 1 is 1.25 bits per heavy atom. The van der Waals surface area contributed by atoms with Gasteiger partial charge >= 0.3 is 0 Å². The summed E-state index contributed by atoms with van der Waals surface area (Å²) in [6.07, 6.45) is 9.17. The van der Waals surface area contributed by atoms with Gasteiger partial charge in [-0.3, -0.25) is 4.98 Å². The summed E-state index contributed by atoms with van der Waals surface area (Å²) in [5, 5.41) is 3.75. The zero-order valence-corrected chi connectivity index (χ0v) is 9.60. The van der Waals surface area contributed by atoms with E-state index in [0.717, 1.165) is 12.6 Å². The summed E-state index contributed by atoms with van der Waals surface area (Å²) in [6, 6.07) is 5.63. The normalized spacial score (nSPS) is 29.9. The average molecular weight is 217 g/mol. The van der Waals surface area contributed by atoms with E-state index in [1.807, 2.05) is 18.5 Å². The predicted octanol–water partition coefficient (Wildman–Crippen LogP) is 1.80. The molecule has 0 aromatic carbocycles. The molecule has 1 aromatic heterocycles. The lowest BCUT2D eigenvalue weighted by molar-refractivity contribution is 0.336. The Bertz CT molecular complexity index is 338. The van der Waals surface area contributed by atoms with Crippen molar-refractivity contribution in [1.82, 2.24) is 10.3 Å². The summed E-state index contributed by atoms with van der Waals surface area (Å²) in [5.74, 6) is 0. The molecule has 3 heteroatoms. The fourth-order valence-corrected chi connectivity index (χ4v) is 2.93. The third kappa shape index (κ3) is 2.05. The summed E-state index contributed by atoms with van der Waals surface area (Å²) < 4.78 is 0. The third-order valence-corrected chi connectivity index (χ3v) is 3.78. The maximum absolute atomic E-state index is 4.21. The molecule has 2 aliphatic rings. The summed E-state index contributed by atoms with van der Waals surface area (Å²) in [6.45, 7) is 2.31. The van der Waals surface area contributed by atoms with E-state index < -0.39 is 0 Å². The fourth-order valence-electron chi connectivity index (χ4n) is 2.93. The van der Waals surface area contributed by atoms with Crippen LogP contribution in [-0.2, 0) is 0 Å². The second kappa shape index (κ2) is 4.42. The Balaban J connectivity index is 1.77.